The van der Waals surface area contributed by atoms with Gasteiger partial charge in [-0.1, -0.05) is 45.9 Å². The maximum Gasteiger partial charge on any atom is 0.119 e. The molecule has 0 saturated carbocycles. The van der Waals surface area contributed by atoms with Crippen molar-refractivity contribution < 1.29 is 9.47 Å². The lowest BCUT2D eigenvalue weighted by Crippen LogP contribution is -2.22. The third kappa shape index (κ3) is 3.18. The van der Waals surface area contributed by atoms with E-state index in [1.807, 2.05) is 6.07 Å². The zero-order valence-corrected chi connectivity index (χ0v) is 20.0. The molecule has 2 aromatic rings. The number of methoxy groups -OCH3 is 2. The van der Waals surface area contributed by atoms with E-state index in [9.17, 15) is 0 Å². The minimum Gasteiger partial charge on any atom is -0.497 e. The summed E-state index contributed by atoms with van der Waals surface area (Å²) in [4.78, 5) is 2.29. The first-order valence-corrected chi connectivity index (χ1v) is 10.8. The Kier molecular flexibility index (Phi) is 5.04. The molecule has 0 amide bonds. The predicted molar refractivity (Wildman–Crippen MR) is 130 cm³/mol. The van der Waals surface area contributed by atoms with Crippen LogP contribution in [0.2, 0.25) is 0 Å². The quantitative estimate of drug-likeness (QED) is 0.559. The topological polar surface area (TPSA) is 21.7 Å². The van der Waals surface area contributed by atoms with Crippen LogP contribution in [0.5, 0.6) is 11.5 Å². The van der Waals surface area contributed by atoms with Crippen molar-refractivity contribution in [3.63, 3.8) is 0 Å². The third-order valence-corrected chi connectivity index (χ3v) is 7.14. The van der Waals surface area contributed by atoms with Gasteiger partial charge >= 0.3 is 0 Å². The van der Waals surface area contributed by atoms with Crippen LogP contribution in [-0.2, 0) is 10.8 Å². The van der Waals surface area contributed by atoms with Crippen molar-refractivity contribution in [3.8, 4) is 11.5 Å². The number of rotatable bonds is 4. The van der Waals surface area contributed by atoms with Gasteiger partial charge in [-0.15, -0.1) is 0 Å². The van der Waals surface area contributed by atoms with Crippen molar-refractivity contribution in [2.75, 3.05) is 26.2 Å². The molecule has 0 radical (unpaired) electrons. The van der Waals surface area contributed by atoms with Gasteiger partial charge in [-0.25, -0.2) is 0 Å². The highest BCUT2D eigenvalue weighted by Crippen LogP contribution is 2.49. The molecule has 0 aromatic heterocycles. The van der Waals surface area contributed by atoms with Crippen LogP contribution in [0.4, 0.5) is 5.69 Å². The van der Waals surface area contributed by atoms with Crippen LogP contribution in [0.25, 0.3) is 5.57 Å². The molecule has 0 saturated heterocycles. The van der Waals surface area contributed by atoms with Crippen molar-refractivity contribution in [1.82, 2.24) is 0 Å². The number of anilines is 1. The average molecular weight is 416 g/mol. The predicted octanol–water partition coefficient (Wildman–Crippen LogP) is 6.64. The summed E-state index contributed by atoms with van der Waals surface area (Å²) >= 11 is 0. The molecule has 0 unspecified atom stereocenters. The molecule has 2 aliphatic rings. The van der Waals surface area contributed by atoms with Crippen LogP contribution in [0.1, 0.15) is 51.3 Å². The van der Waals surface area contributed by atoms with Crippen LogP contribution in [0.3, 0.4) is 0 Å². The second-order valence-electron chi connectivity index (χ2n) is 9.55. The van der Waals surface area contributed by atoms with Crippen molar-refractivity contribution in [3.05, 3.63) is 82.6 Å². The number of hydrogen-bond acceptors (Lipinski definition) is 3. The van der Waals surface area contributed by atoms with Gasteiger partial charge in [0.1, 0.15) is 11.5 Å². The first-order valence-electron chi connectivity index (χ1n) is 10.8. The number of nitrogens with zero attached hydrogens (tertiary/aromatic N) is 1. The van der Waals surface area contributed by atoms with Gasteiger partial charge < -0.3 is 14.4 Å². The summed E-state index contributed by atoms with van der Waals surface area (Å²) in [5, 5.41) is 0. The highest BCUT2D eigenvalue weighted by Gasteiger charge is 2.39. The summed E-state index contributed by atoms with van der Waals surface area (Å²) < 4.78 is 10.9. The van der Waals surface area contributed by atoms with Crippen LogP contribution >= 0.6 is 0 Å². The van der Waals surface area contributed by atoms with Crippen molar-refractivity contribution in [2.45, 2.75) is 45.4 Å². The first-order chi connectivity index (χ1) is 14.6. The molecule has 0 spiro atoms. The van der Waals surface area contributed by atoms with Gasteiger partial charge in [0.2, 0.25) is 0 Å². The molecule has 162 valence electrons. The van der Waals surface area contributed by atoms with E-state index in [2.05, 4.69) is 95.1 Å². The van der Waals surface area contributed by atoms with E-state index in [4.69, 9.17) is 9.47 Å². The number of ether oxygens (including phenoxy) is 2. The second-order valence-corrected chi connectivity index (χ2v) is 9.55. The van der Waals surface area contributed by atoms with Gasteiger partial charge in [0.15, 0.2) is 0 Å². The van der Waals surface area contributed by atoms with Gasteiger partial charge in [0.05, 0.1) is 14.2 Å². The Hall–Kier alpha value is -2.94. The molecule has 3 heteroatoms. The molecule has 0 bridgehead atoms. The Bertz CT molecular complexity index is 1130. The summed E-state index contributed by atoms with van der Waals surface area (Å²) in [6.45, 7) is 11.4. The fraction of sp³-hybridized carbons (Fsp3) is 0.357. The number of benzene rings is 2. The number of likely N-dealkylation sites (N-methyl/N-ethyl adjacent to an activating group) is 1. The number of hydrogen-bond donors (Lipinski definition) is 0. The SMILES string of the molecule is COc1ccc2c(c1)C(C)(C)C(C=CC=C1N(C)c3ccc(OC)cc3C1(C)C)=C2C. The third-order valence-electron chi connectivity index (χ3n) is 7.14. The van der Waals surface area contributed by atoms with Gasteiger partial charge in [-0.2, -0.15) is 0 Å². The normalized spacial score (nSPS) is 19.9. The Morgan fingerprint density at radius 3 is 2.10 bits per heavy atom. The molecule has 1 aliphatic carbocycles. The summed E-state index contributed by atoms with van der Waals surface area (Å²) in [7, 11) is 5.59. The standard InChI is InChI=1S/C28H33NO2/c1-18-21-14-12-19(30-7)16-23(21)27(2,3)22(18)10-9-11-26-28(4,5)24-17-20(31-8)13-15-25(24)29(26)6/h9-17H,1-8H3. The fourth-order valence-corrected chi connectivity index (χ4v) is 5.26. The van der Waals surface area contributed by atoms with Crippen LogP contribution in [0.15, 0.2) is 65.9 Å². The number of fused-ring (bicyclic) bond motifs is 2. The summed E-state index contributed by atoms with van der Waals surface area (Å²) in [6.07, 6.45) is 6.75. The Morgan fingerprint density at radius 2 is 1.45 bits per heavy atom. The van der Waals surface area contributed by atoms with E-state index in [0.717, 1.165) is 11.5 Å². The molecule has 1 heterocycles. The Labute approximate surface area is 186 Å². The average Bonchev–Trinajstić information content (AvgIpc) is 3.06. The van der Waals surface area contributed by atoms with Crippen molar-refractivity contribution in [2.24, 2.45) is 0 Å². The summed E-state index contributed by atoms with van der Waals surface area (Å²) in [5.41, 5.74) is 9.00. The highest BCUT2D eigenvalue weighted by molar-refractivity contribution is 5.81. The van der Waals surface area contributed by atoms with E-state index in [1.165, 1.54) is 39.2 Å². The molecular formula is C28H33NO2. The van der Waals surface area contributed by atoms with E-state index in [1.54, 1.807) is 14.2 Å². The lowest BCUT2D eigenvalue weighted by atomic mass is 9.80. The zero-order chi connectivity index (χ0) is 22.6. The van der Waals surface area contributed by atoms with E-state index < -0.39 is 0 Å². The van der Waals surface area contributed by atoms with E-state index >= 15 is 0 Å². The maximum atomic E-state index is 5.47. The summed E-state index contributed by atoms with van der Waals surface area (Å²) in [6, 6.07) is 12.8. The largest absolute Gasteiger partial charge is 0.497 e. The van der Waals surface area contributed by atoms with Crippen LogP contribution < -0.4 is 14.4 Å². The van der Waals surface area contributed by atoms with Gasteiger partial charge in [-0.05, 0) is 71.2 Å². The molecule has 1 aliphatic heterocycles. The van der Waals surface area contributed by atoms with Gasteiger partial charge in [-0.3, -0.25) is 0 Å². The molecular weight excluding hydrogens is 382 g/mol. The fourth-order valence-electron chi connectivity index (χ4n) is 5.26. The smallest absolute Gasteiger partial charge is 0.119 e. The minimum absolute atomic E-state index is 0.0591. The van der Waals surface area contributed by atoms with E-state index in [-0.39, 0.29) is 10.8 Å². The molecule has 2 aromatic carbocycles. The summed E-state index contributed by atoms with van der Waals surface area (Å²) in [5.74, 6) is 1.81. The molecule has 0 atom stereocenters. The lowest BCUT2D eigenvalue weighted by Gasteiger charge is -2.24. The maximum absolute atomic E-state index is 5.47. The Balaban J connectivity index is 1.69. The lowest BCUT2D eigenvalue weighted by molar-refractivity contribution is 0.413. The molecule has 0 N–H and O–H groups in total. The van der Waals surface area contributed by atoms with Gasteiger partial charge in [0, 0.05) is 29.3 Å². The number of allylic oxidation sites excluding steroid dienone is 6. The molecule has 0 fully saturated rings. The monoisotopic (exact) mass is 415 g/mol. The molecule has 31 heavy (non-hydrogen) atoms. The molecule has 4 rings (SSSR count). The van der Waals surface area contributed by atoms with Crippen molar-refractivity contribution >= 4 is 11.3 Å². The van der Waals surface area contributed by atoms with Gasteiger partial charge in [0.25, 0.3) is 0 Å². The van der Waals surface area contributed by atoms with Crippen LogP contribution in [0, 0.1) is 0 Å². The van der Waals surface area contributed by atoms with Crippen LogP contribution in [-0.4, -0.2) is 21.3 Å². The van der Waals surface area contributed by atoms with E-state index in [0.29, 0.717) is 0 Å². The Morgan fingerprint density at radius 1 is 0.839 bits per heavy atom. The second kappa shape index (κ2) is 7.33. The zero-order valence-electron chi connectivity index (χ0n) is 20.0. The molecule has 3 nitrogen and oxygen atoms in total. The minimum atomic E-state index is -0.0894. The first kappa shape index (κ1) is 21.3. The highest BCUT2D eigenvalue weighted by atomic mass is 16.5. The van der Waals surface area contributed by atoms with Crippen molar-refractivity contribution in [1.29, 1.82) is 0 Å².